The molecule has 0 bridgehead atoms. The third-order valence-electron chi connectivity index (χ3n) is 3.96. The molecule has 5 heteroatoms. The minimum Gasteiger partial charge on any atom is -0.326 e. The topological polar surface area (TPSA) is 69.8 Å². The van der Waals surface area contributed by atoms with Crippen molar-refractivity contribution in [1.82, 2.24) is 15.5 Å². The molecule has 1 fully saturated rings. The first kappa shape index (κ1) is 12.2. The van der Waals surface area contributed by atoms with Gasteiger partial charge in [-0.15, -0.1) is 0 Å². The molecule has 1 saturated heterocycles. The van der Waals surface area contributed by atoms with E-state index in [4.69, 9.17) is 0 Å². The van der Waals surface area contributed by atoms with Crippen LogP contribution in [-0.2, 0) is 4.79 Å². The Balaban J connectivity index is 1.78. The standard InChI is InChI=1S/C14H18N4O/c1-14(4-6-15-7-5-14)13(19)17-11-3-2-10-9-16-18-12(10)8-11/h2-3,8-9,15H,4-7H2,1H3,(H,16,18)(H,17,19). The van der Waals surface area contributed by atoms with Gasteiger partial charge < -0.3 is 10.6 Å². The number of fused-ring (bicyclic) bond motifs is 1. The van der Waals surface area contributed by atoms with Crippen LogP contribution in [0.2, 0.25) is 0 Å². The number of piperidine rings is 1. The molecule has 2 heterocycles. The molecule has 0 atom stereocenters. The number of aromatic amines is 1. The Morgan fingerprint density at radius 3 is 2.95 bits per heavy atom. The normalized spacial score (nSPS) is 18.4. The molecule has 100 valence electrons. The van der Waals surface area contributed by atoms with Crippen molar-refractivity contribution >= 4 is 22.5 Å². The van der Waals surface area contributed by atoms with Crippen LogP contribution in [0, 0.1) is 5.41 Å². The third kappa shape index (κ3) is 2.33. The Bertz CT molecular complexity index is 598. The van der Waals surface area contributed by atoms with Gasteiger partial charge in [-0.05, 0) is 44.1 Å². The van der Waals surface area contributed by atoms with Gasteiger partial charge in [0.25, 0.3) is 0 Å². The van der Waals surface area contributed by atoms with Crippen LogP contribution in [-0.4, -0.2) is 29.2 Å². The molecule has 1 aromatic heterocycles. The van der Waals surface area contributed by atoms with Crippen molar-refractivity contribution in [2.75, 3.05) is 18.4 Å². The average molecular weight is 258 g/mol. The number of anilines is 1. The van der Waals surface area contributed by atoms with E-state index >= 15 is 0 Å². The minimum atomic E-state index is -0.270. The van der Waals surface area contributed by atoms with Gasteiger partial charge in [-0.3, -0.25) is 9.89 Å². The van der Waals surface area contributed by atoms with Crippen molar-refractivity contribution in [3.63, 3.8) is 0 Å². The second-order valence-corrected chi connectivity index (χ2v) is 5.44. The van der Waals surface area contributed by atoms with Crippen molar-refractivity contribution in [3.8, 4) is 0 Å². The predicted molar refractivity (Wildman–Crippen MR) is 74.9 cm³/mol. The van der Waals surface area contributed by atoms with E-state index in [0.717, 1.165) is 42.5 Å². The summed E-state index contributed by atoms with van der Waals surface area (Å²) in [5.41, 5.74) is 1.49. The average Bonchev–Trinajstić information content (AvgIpc) is 2.87. The second-order valence-electron chi connectivity index (χ2n) is 5.44. The quantitative estimate of drug-likeness (QED) is 0.770. The Hall–Kier alpha value is -1.88. The summed E-state index contributed by atoms with van der Waals surface area (Å²) in [6, 6.07) is 5.80. The number of amides is 1. The van der Waals surface area contributed by atoms with E-state index in [1.165, 1.54) is 0 Å². The van der Waals surface area contributed by atoms with Crippen molar-refractivity contribution in [1.29, 1.82) is 0 Å². The lowest BCUT2D eigenvalue weighted by Crippen LogP contribution is -2.42. The summed E-state index contributed by atoms with van der Waals surface area (Å²) in [6.07, 6.45) is 3.53. The number of benzene rings is 1. The highest BCUT2D eigenvalue weighted by Crippen LogP contribution is 2.29. The molecule has 0 unspecified atom stereocenters. The van der Waals surface area contributed by atoms with E-state index in [2.05, 4.69) is 20.8 Å². The lowest BCUT2D eigenvalue weighted by molar-refractivity contribution is -0.126. The first-order valence-electron chi connectivity index (χ1n) is 6.63. The van der Waals surface area contributed by atoms with Gasteiger partial charge in [0.1, 0.15) is 0 Å². The summed E-state index contributed by atoms with van der Waals surface area (Å²) < 4.78 is 0. The highest BCUT2D eigenvalue weighted by atomic mass is 16.2. The predicted octanol–water partition coefficient (Wildman–Crippen LogP) is 1.89. The molecular weight excluding hydrogens is 240 g/mol. The molecule has 3 N–H and O–H groups in total. The van der Waals surface area contributed by atoms with Crippen molar-refractivity contribution in [2.45, 2.75) is 19.8 Å². The van der Waals surface area contributed by atoms with Crippen molar-refractivity contribution in [3.05, 3.63) is 24.4 Å². The van der Waals surface area contributed by atoms with E-state index in [9.17, 15) is 4.79 Å². The van der Waals surface area contributed by atoms with E-state index in [1.54, 1.807) is 6.20 Å². The maximum Gasteiger partial charge on any atom is 0.230 e. The summed E-state index contributed by atoms with van der Waals surface area (Å²) in [7, 11) is 0. The van der Waals surface area contributed by atoms with Crippen LogP contribution < -0.4 is 10.6 Å². The molecule has 2 aromatic rings. The number of hydrogen-bond donors (Lipinski definition) is 3. The SMILES string of the molecule is CC1(C(=O)Nc2ccc3cn[nH]c3c2)CCNCC1. The van der Waals surface area contributed by atoms with Crippen LogP contribution in [0.1, 0.15) is 19.8 Å². The van der Waals surface area contributed by atoms with Crippen LogP contribution >= 0.6 is 0 Å². The van der Waals surface area contributed by atoms with E-state index in [-0.39, 0.29) is 11.3 Å². The number of H-pyrrole nitrogens is 1. The largest absolute Gasteiger partial charge is 0.326 e. The van der Waals surface area contributed by atoms with Crippen LogP contribution in [0.4, 0.5) is 5.69 Å². The number of carbonyl (C=O) groups excluding carboxylic acids is 1. The Morgan fingerprint density at radius 1 is 1.37 bits per heavy atom. The molecule has 19 heavy (non-hydrogen) atoms. The molecule has 1 aliphatic rings. The number of aromatic nitrogens is 2. The zero-order valence-electron chi connectivity index (χ0n) is 11.0. The summed E-state index contributed by atoms with van der Waals surface area (Å²) >= 11 is 0. The Labute approximate surface area is 111 Å². The minimum absolute atomic E-state index is 0.105. The van der Waals surface area contributed by atoms with Crippen molar-refractivity contribution < 1.29 is 4.79 Å². The Morgan fingerprint density at radius 2 is 2.16 bits per heavy atom. The van der Waals surface area contributed by atoms with Crippen LogP contribution in [0.5, 0.6) is 0 Å². The van der Waals surface area contributed by atoms with Gasteiger partial charge in [0.05, 0.1) is 11.7 Å². The second kappa shape index (κ2) is 4.66. The summed E-state index contributed by atoms with van der Waals surface area (Å²) in [6.45, 7) is 3.85. The van der Waals surface area contributed by atoms with Gasteiger partial charge in [-0.1, -0.05) is 6.92 Å². The molecule has 0 saturated carbocycles. The maximum atomic E-state index is 12.4. The third-order valence-corrected chi connectivity index (χ3v) is 3.96. The van der Waals surface area contributed by atoms with Gasteiger partial charge in [-0.25, -0.2) is 0 Å². The zero-order chi connectivity index (χ0) is 13.3. The van der Waals surface area contributed by atoms with Gasteiger partial charge in [0, 0.05) is 16.5 Å². The molecular formula is C14H18N4O. The number of nitrogens with zero attached hydrogens (tertiary/aromatic N) is 1. The van der Waals surface area contributed by atoms with Crippen LogP contribution in [0.3, 0.4) is 0 Å². The first-order valence-corrected chi connectivity index (χ1v) is 6.63. The van der Waals surface area contributed by atoms with Crippen LogP contribution in [0.15, 0.2) is 24.4 Å². The van der Waals surface area contributed by atoms with Gasteiger partial charge in [0.2, 0.25) is 5.91 Å². The zero-order valence-corrected chi connectivity index (χ0v) is 11.0. The van der Waals surface area contributed by atoms with Gasteiger partial charge in [-0.2, -0.15) is 5.10 Å². The van der Waals surface area contributed by atoms with E-state index < -0.39 is 0 Å². The highest BCUT2D eigenvalue weighted by molar-refractivity contribution is 5.96. The molecule has 1 aromatic carbocycles. The summed E-state index contributed by atoms with van der Waals surface area (Å²) in [4.78, 5) is 12.4. The summed E-state index contributed by atoms with van der Waals surface area (Å²) in [5, 5.41) is 14.2. The molecule has 0 aliphatic carbocycles. The van der Waals surface area contributed by atoms with E-state index in [1.807, 2.05) is 25.1 Å². The van der Waals surface area contributed by atoms with Crippen LogP contribution in [0.25, 0.3) is 10.9 Å². The monoisotopic (exact) mass is 258 g/mol. The molecule has 5 nitrogen and oxygen atoms in total. The number of rotatable bonds is 2. The fourth-order valence-corrected chi connectivity index (χ4v) is 2.50. The van der Waals surface area contributed by atoms with Gasteiger partial charge in [0.15, 0.2) is 0 Å². The molecule has 3 rings (SSSR count). The lowest BCUT2D eigenvalue weighted by atomic mass is 9.80. The maximum absolute atomic E-state index is 12.4. The summed E-state index contributed by atoms with van der Waals surface area (Å²) in [5.74, 6) is 0.105. The highest BCUT2D eigenvalue weighted by Gasteiger charge is 2.34. The van der Waals surface area contributed by atoms with Gasteiger partial charge >= 0.3 is 0 Å². The fourth-order valence-electron chi connectivity index (χ4n) is 2.50. The lowest BCUT2D eigenvalue weighted by Gasteiger charge is -2.32. The number of nitrogens with one attached hydrogen (secondary N) is 3. The molecule has 0 radical (unpaired) electrons. The smallest absolute Gasteiger partial charge is 0.230 e. The van der Waals surface area contributed by atoms with Crippen molar-refractivity contribution in [2.24, 2.45) is 5.41 Å². The molecule has 0 spiro atoms. The number of hydrogen-bond acceptors (Lipinski definition) is 3. The first-order chi connectivity index (χ1) is 9.17. The Kier molecular flexibility index (Phi) is 2.98. The molecule has 1 aliphatic heterocycles. The fraction of sp³-hybridized carbons (Fsp3) is 0.429. The number of carbonyl (C=O) groups is 1. The molecule has 1 amide bonds. The van der Waals surface area contributed by atoms with E-state index in [0.29, 0.717) is 0 Å².